The standard InChI is InChI=1S/C22H26BrNO4S/c1-22(2,3)28-21(26)24-19(20(25)27-4)14-29-13-16-7-5-6-8-18(16)15-9-11-17(23)12-10-15/h5-12,19H,13-14H2,1-4H3,(H,24,26). The molecule has 0 bridgehead atoms. The van der Waals surface area contributed by atoms with Gasteiger partial charge in [-0.2, -0.15) is 11.8 Å². The maximum absolute atomic E-state index is 12.1. The van der Waals surface area contributed by atoms with Gasteiger partial charge in [0.1, 0.15) is 11.6 Å². The molecule has 0 radical (unpaired) electrons. The summed E-state index contributed by atoms with van der Waals surface area (Å²) >= 11 is 5.01. The first-order chi connectivity index (χ1) is 13.7. The number of alkyl carbamates (subject to hydrolysis) is 1. The van der Waals surface area contributed by atoms with Crippen molar-refractivity contribution < 1.29 is 19.1 Å². The average Bonchev–Trinajstić information content (AvgIpc) is 2.66. The second-order valence-corrected chi connectivity index (χ2v) is 9.35. The van der Waals surface area contributed by atoms with E-state index in [0.29, 0.717) is 11.5 Å². The van der Waals surface area contributed by atoms with E-state index in [2.05, 4.69) is 45.5 Å². The van der Waals surface area contributed by atoms with Crippen LogP contribution in [0.25, 0.3) is 11.1 Å². The number of halogens is 1. The van der Waals surface area contributed by atoms with Crippen LogP contribution in [0.5, 0.6) is 0 Å². The van der Waals surface area contributed by atoms with Gasteiger partial charge in [0.05, 0.1) is 7.11 Å². The minimum atomic E-state index is -0.778. The second kappa shape index (κ2) is 10.7. The zero-order valence-corrected chi connectivity index (χ0v) is 19.4. The lowest BCUT2D eigenvalue weighted by atomic mass is 10.0. The van der Waals surface area contributed by atoms with E-state index in [1.807, 2.05) is 24.3 Å². The number of nitrogens with one attached hydrogen (secondary N) is 1. The van der Waals surface area contributed by atoms with E-state index in [-0.39, 0.29) is 0 Å². The molecular weight excluding hydrogens is 454 g/mol. The van der Waals surface area contributed by atoms with E-state index >= 15 is 0 Å². The molecular formula is C22H26BrNO4S. The van der Waals surface area contributed by atoms with Gasteiger partial charge in [0.25, 0.3) is 0 Å². The maximum atomic E-state index is 12.1. The first kappa shape index (κ1) is 23.3. The van der Waals surface area contributed by atoms with Crippen molar-refractivity contribution in [3.05, 3.63) is 58.6 Å². The van der Waals surface area contributed by atoms with Crippen molar-refractivity contribution >= 4 is 39.8 Å². The molecule has 0 saturated heterocycles. The Kier molecular flexibility index (Phi) is 8.59. The number of methoxy groups -OCH3 is 1. The highest BCUT2D eigenvalue weighted by molar-refractivity contribution is 9.10. The SMILES string of the molecule is COC(=O)C(CSCc1ccccc1-c1ccc(Br)cc1)NC(=O)OC(C)(C)C. The summed E-state index contributed by atoms with van der Waals surface area (Å²) in [5.74, 6) is 0.570. The van der Waals surface area contributed by atoms with Crippen LogP contribution in [0.2, 0.25) is 0 Å². The molecule has 1 unspecified atom stereocenters. The zero-order valence-electron chi connectivity index (χ0n) is 17.0. The Balaban J connectivity index is 2.03. The molecule has 156 valence electrons. The fourth-order valence-electron chi connectivity index (χ4n) is 2.60. The van der Waals surface area contributed by atoms with Crippen LogP contribution in [0.15, 0.2) is 53.0 Å². The van der Waals surface area contributed by atoms with E-state index in [4.69, 9.17) is 9.47 Å². The number of ether oxygens (including phenoxy) is 2. The van der Waals surface area contributed by atoms with Crippen LogP contribution in [0.1, 0.15) is 26.3 Å². The van der Waals surface area contributed by atoms with Crippen LogP contribution < -0.4 is 5.32 Å². The molecule has 1 N–H and O–H groups in total. The van der Waals surface area contributed by atoms with Crippen LogP contribution in [0, 0.1) is 0 Å². The Morgan fingerprint density at radius 2 is 1.76 bits per heavy atom. The number of benzene rings is 2. The van der Waals surface area contributed by atoms with Gasteiger partial charge in [0, 0.05) is 16.0 Å². The van der Waals surface area contributed by atoms with Crippen LogP contribution >= 0.6 is 27.7 Å². The first-order valence-electron chi connectivity index (χ1n) is 9.18. The molecule has 0 aliphatic carbocycles. The van der Waals surface area contributed by atoms with Crippen LogP contribution in [-0.4, -0.2) is 36.6 Å². The molecule has 2 rings (SSSR count). The smallest absolute Gasteiger partial charge is 0.408 e. The summed E-state index contributed by atoms with van der Waals surface area (Å²) in [4.78, 5) is 24.1. The predicted molar refractivity (Wildman–Crippen MR) is 121 cm³/mol. The second-order valence-electron chi connectivity index (χ2n) is 7.40. The van der Waals surface area contributed by atoms with Crippen molar-refractivity contribution in [2.24, 2.45) is 0 Å². The number of amides is 1. The molecule has 0 heterocycles. The Morgan fingerprint density at radius 1 is 1.10 bits per heavy atom. The van der Waals surface area contributed by atoms with Gasteiger partial charge in [0.2, 0.25) is 0 Å². The highest BCUT2D eigenvalue weighted by Gasteiger charge is 2.25. The highest BCUT2D eigenvalue weighted by Crippen LogP contribution is 2.28. The van der Waals surface area contributed by atoms with E-state index in [1.165, 1.54) is 7.11 Å². The third kappa shape index (κ3) is 7.74. The van der Waals surface area contributed by atoms with Crippen molar-refractivity contribution in [2.45, 2.75) is 38.2 Å². The normalized spacial score (nSPS) is 12.2. The molecule has 0 aliphatic heterocycles. The number of hydrogen-bond donors (Lipinski definition) is 1. The van der Waals surface area contributed by atoms with Crippen molar-refractivity contribution in [3.8, 4) is 11.1 Å². The summed E-state index contributed by atoms with van der Waals surface area (Å²) in [7, 11) is 1.31. The summed E-state index contributed by atoms with van der Waals surface area (Å²) in [6.45, 7) is 5.31. The van der Waals surface area contributed by atoms with Crippen molar-refractivity contribution in [2.75, 3.05) is 12.9 Å². The van der Waals surface area contributed by atoms with Gasteiger partial charge in [0.15, 0.2) is 0 Å². The van der Waals surface area contributed by atoms with Crippen LogP contribution in [0.4, 0.5) is 4.79 Å². The largest absolute Gasteiger partial charge is 0.467 e. The molecule has 2 aromatic rings. The molecule has 0 aliphatic rings. The van der Waals surface area contributed by atoms with Crippen LogP contribution in [-0.2, 0) is 20.0 Å². The molecule has 1 atom stereocenters. The van der Waals surface area contributed by atoms with Gasteiger partial charge < -0.3 is 14.8 Å². The Hall–Kier alpha value is -1.99. The third-order valence-electron chi connectivity index (χ3n) is 3.89. The molecule has 0 aromatic heterocycles. The minimum Gasteiger partial charge on any atom is -0.467 e. The number of esters is 1. The lowest BCUT2D eigenvalue weighted by molar-refractivity contribution is -0.142. The highest BCUT2D eigenvalue weighted by atomic mass is 79.9. The van der Waals surface area contributed by atoms with E-state index in [1.54, 1.807) is 32.5 Å². The van der Waals surface area contributed by atoms with Gasteiger partial charge in [-0.05, 0) is 49.6 Å². The Morgan fingerprint density at radius 3 is 2.38 bits per heavy atom. The maximum Gasteiger partial charge on any atom is 0.408 e. The molecule has 0 fully saturated rings. The number of carbonyl (C=O) groups is 2. The lowest BCUT2D eigenvalue weighted by Gasteiger charge is -2.22. The predicted octanol–water partition coefficient (Wildman–Crippen LogP) is 5.42. The molecule has 2 aromatic carbocycles. The van der Waals surface area contributed by atoms with E-state index < -0.39 is 23.7 Å². The summed E-state index contributed by atoms with van der Waals surface area (Å²) in [6, 6.07) is 15.5. The summed E-state index contributed by atoms with van der Waals surface area (Å²) in [5, 5.41) is 2.60. The Bertz CT molecular complexity index is 833. The van der Waals surface area contributed by atoms with Crippen LogP contribution in [0.3, 0.4) is 0 Å². The minimum absolute atomic E-state index is 0.376. The molecule has 0 spiro atoms. The summed E-state index contributed by atoms with van der Waals surface area (Å²) in [6.07, 6.45) is -0.635. The van der Waals surface area contributed by atoms with Crippen molar-refractivity contribution in [3.63, 3.8) is 0 Å². The number of thioether (sulfide) groups is 1. The molecule has 0 saturated carbocycles. The van der Waals surface area contributed by atoms with Gasteiger partial charge in [-0.3, -0.25) is 0 Å². The number of carbonyl (C=O) groups excluding carboxylic acids is 2. The van der Waals surface area contributed by atoms with Crippen molar-refractivity contribution in [1.29, 1.82) is 0 Å². The molecule has 29 heavy (non-hydrogen) atoms. The monoisotopic (exact) mass is 479 g/mol. The zero-order chi connectivity index (χ0) is 21.4. The summed E-state index contributed by atoms with van der Waals surface area (Å²) < 4.78 is 11.1. The number of rotatable bonds is 7. The van der Waals surface area contributed by atoms with Gasteiger partial charge in [-0.25, -0.2) is 9.59 Å². The molecule has 1 amide bonds. The average molecular weight is 480 g/mol. The van der Waals surface area contributed by atoms with Gasteiger partial charge in [-0.15, -0.1) is 0 Å². The quantitative estimate of drug-likeness (QED) is 0.537. The van der Waals surface area contributed by atoms with E-state index in [0.717, 1.165) is 21.2 Å². The topological polar surface area (TPSA) is 64.6 Å². The van der Waals surface area contributed by atoms with Gasteiger partial charge in [-0.1, -0.05) is 52.3 Å². The molecule has 5 nitrogen and oxygen atoms in total. The first-order valence-corrected chi connectivity index (χ1v) is 11.1. The third-order valence-corrected chi connectivity index (χ3v) is 5.50. The Labute approximate surface area is 184 Å². The fourth-order valence-corrected chi connectivity index (χ4v) is 3.91. The summed E-state index contributed by atoms with van der Waals surface area (Å²) in [5.41, 5.74) is 2.78. The van der Waals surface area contributed by atoms with E-state index in [9.17, 15) is 9.59 Å². The number of hydrogen-bond acceptors (Lipinski definition) is 5. The van der Waals surface area contributed by atoms with Crippen molar-refractivity contribution in [1.82, 2.24) is 5.32 Å². The molecule has 7 heteroatoms. The fraction of sp³-hybridized carbons (Fsp3) is 0.364. The lowest BCUT2D eigenvalue weighted by Crippen LogP contribution is -2.45. The van der Waals surface area contributed by atoms with Gasteiger partial charge >= 0.3 is 12.1 Å².